The predicted octanol–water partition coefficient (Wildman–Crippen LogP) is 2.36. The quantitative estimate of drug-likeness (QED) is 0.248. The maximum absolute atomic E-state index is 11.1. The summed E-state index contributed by atoms with van der Waals surface area (Å²) in [5.74, 6) is 0.983. The number of ether oxygens (including phenoxy) is 1. The van der Waals surface area contributed by atoms with Crippen molar-refractivity contribution in [1.82, 2.24) is 0 Å². The molecule has 0 aromatic heterocycles. The second kappa shape index (κ2) is 50.5. The number of terminal acetylenes is 1. The van der Waals surface area contributed by atoms with E-state index in [4.69, 9.17) is 49.0 Å². The number of hydrogen-bond donors (Lipinski definition) is 1. The SMILES string of the molecule is C#CCOC(=O)/C=C/c1ccc(C)c(C)c1.CC(=O)O.[C-]#[O+].[C-]#[O+].[C-]#[O+].[C-]#[O+].[C-]#[O+].[C-]#[O+]. The molecular formula is C22H18O10. The van der Waals surface area contributed by atoms with E-state index < -0.39 is 11.9 Å². The molecule has 0 unspecified atom stereocenters. The fourth-order valence-corrected chi connectivity index (χ4v) is 1.19. The topological polar surface area (TPSA) is 183 Å². The van der Waals surface area contributed by atoms with Gasteiger partial charge in [-0.1, -0.05) is 24.1 Å². The molecule has 1 N–H and O–H groups in total. The second-order valence-corrected chi connectivity index (χ2v) is 4.01. The van der Waals surface area contributed by atoms with E-state index in [9.17, 15) is 4.79 Å². The fraction of sp³-hybridized carbons (Fsp3) is 0.182. The number of benzene rings is 1. The first-order valence-corrected chi connectivity index (χ1v) is 7.14. The van der Waals surface area contributed by atoms with Crippen LogP contribution in [0.25, 0.3) is 6.08 Å². The summed E-state index contributed by atoms with van der Waals surface area (Å²) in [4.78, 5) is 20.1. The third-order valence-electron chi connectivity index (χ3n) is 2.24. The van der Waals surface area contributed by atoms with Crippen LogP contribution in [0.4, 0.5) is 0 Å². The Balaban J connectivity index is -0.0000000654. The Bertz CT molecular complexity index is 734. The molecule has 0 atom stereocenters. The van der Waals surface area contributed by atoms with Gasteiger partial charge in [0.05, 0.1) is 0 Å². The molecule has 0 amide bonds. The molecule has 0 aliphatic heterocycles. The van der Waals surface area contributed by atoms with Crippen LogP contribution in [0, 0.1) is 66.1 Å². The predicted molar refractivity (Wildman–Crippen MR) is 102 cm³/mol. The number of carbonyl (C=O) groups is 2. The summed E-state index contributed by atoms with van der Waals surface area (Å²) in [7, 11) is 0. The average Bonchev–Trinajstić information content (AvgIpc) is 2.85. The van der Waals surface area contributed by atoms with E-state index in [0.29, 0.717) is 0 Å². The molecule has 0 fully saturated rings. The van der Waals surface area contributed by atoms with Gasteiger partial charge in [-0.15, -0.1) is 6.42 Å². The minimum atomic E-state index is -0.833. The van der Waals surface area contributed by atoms with Gasteiger partial charge in [0.15, 0.2) is 6.61 Å². The molecule has 0 aliphatic rings. The van der Waals surface area contributed by atoms with Gasteiger partial charge in [-0.25, -0.2) is 4.79 Å². The Labute approximate surface area is 186 Å². The van der Waals surface area contributed by atoms with Gasteiger partial charge < -0.3 is 9.84 Å². The Hall–Kier alpha value is -4.10. The Kier molecular flexibility index (Phi) is 73.0. The van der Waals surface area contributed by atoms with E-state index in [0.717, 1.165) is 12.5 Å². The molecule has 0 aliphatic carbocycles. The van der Waals surface area contributed by atoms with Crippen LogP contribution < -0.4 is 0 Å². The summed E-state index contributed by atoms with van der Waals surface area (Å²) < 4.78 is 49.7. The monoisotopic (exact) mass is 442 g/mol. The minimum absolute atomic E-state index is 0.0100. The van der Waals surface area contributed by atoms with Crippen molar-refractivity contribution < 1.29 is 47.3 Å². The van der Waals surface area contributed by atoms with Crippen molar-refractivity contribution in [2.45, 2.75) is 20.8 Å². The number of carboxylic acids is 1. The molecule has 166 valence electrons. The number of carboxylic acid groups (broad SMARTS) is 1. The Morgan fingerprint density at radius 2 is 1.31 bits per heavy atom. The van der Waals surface area contributed by atoms with Gasteiger partial charge in [0.1, 0.15) is 0 Å². The summed E-state index contributed by atoms with van der Waals surface area (Å²) in [5, 5.41) is 7.42. The first kappa shape index (κ1) is 46.2. The first-order chi connectivity index (χ1) is 15.4. The van der Waals surface area contributed by atoms with Crippen molar-refractivity contribution in [3.05, 3.63) is 80.9 Å². The maximum atomic E-state index is 11.1. The molecule has 10 heteroatoms. The van der Waals surface area contributed by atoms with Gasteiger partial charge in [-0.3, -0.25) is 4.79 Å². The van der Waals surface area contributed by atoms with E-state index in [1.54, 1.807) is 6.08 Å². The van der Waals surface area contributed by atoms with Crippen LogP contribution in [0.3, 0.4) is 0 Å². The normalized spacial score (nSPS) is 6.19. The van der Waals surface area contributed by atoms with Crippen molar-refractivity contribution in [2.24, 2.45) is 0 Å². The molecule has 1 aromatic carbocycles. The third kappa shape index (κ3) is 50.1. The van der Waals surface area contributed by atoms with Crippen molar-refractivity contribution in [1.29, 1.82) is 0 Å². The zero-order valence-electron chi connectivity index (χ0n) is 17.3. The van der Waals surface area contributed by atoms with E-state index in [-0.39, 0.29) is 6.61 Å². The van der Waals surface area contributed by atoms with Crippen molar-refractivity contribution in [2.75, 3.05) is 6.61 Å². The zero-order valence-corrected chi connectivity index (χ0v) is 17.3. The van der Waals surface area contributed by atoms with Crippen molar-refractivity contribution in [3.8, 4) is 12.3 Å². The molecule has 1 aromatic rings. The summed E-state index contributed by atoms with van der Waals surface area (Å²) >= 11 is 0. The standard InChI is InChI=1S/C14H14O2.C2H4O2.6CO/c1-4-9-16-14(15)8-7-13-6-5-11(2)12(3)10-13;1-2(3)4;6*1-2/h1,5-8,10H,9H2,2-3H3;1H3,(H,3,4);;;;;;/b8-7+;;;;;;;. The van der Waals surface area contributed by atoms with E-state index in [1.165, 1.54) is 17.2 Å². The summed E-state index contributed by atoms with van der Waals surface area (Å²) in [6, 6.07) is 5.98. The molecule has 0 saturated heterocycles. The molecule has 0 bridgehead atoms. The summed E-state index contributed by atoms with van der Waals surface area (Å²) in [6.07, 6.45) is 8.06. The van der Waals surface area contributed by atoms with E-state index in [2.05, 4.69) is 45.8 Å². The molecular weight excluding hydrogens is 424 g/mol. The van der Waals surface area contributed by atoms with Crippen LogP contribution in [-0.4, -0.2) is 23.7 Å². The van der Waals surface area contributed by atoms with E-state index in [1.807, 2.05) is 32.0 Å². The number of esters is 1. The van der Waals surface area contributed by atoms with Gasteiger partial charge in [0.2, 0.25) is 0 Å². The number of aryl methyl sites for hydroxylation is 2. The third-order valence-corrected chi connectivity index (χ3v) is 2.24. The van der Waals surface area contributed by atoms with Crippen LogP contribution in [0.5, 0.6) is 0 Å². The molecule has 0 spiro atoms. The van der Waals surface area contributed by atoms with E-state index >= 15 is 0 Å². The van der Waals surface area contributed by atoms with Crippen molar-refractivity contribution in [3.63, 3.8) is 0 Å². The first-order valence-electron chi connectivity index (χ1n) is 7.14. The molecule has 10 nitrogen and oxygen atoms in total. The fourth-order valence-electron chi connectivity index (χ4n) is 1.19. The number of carbonyl (C=O) groups excluding carboxylic acids is 1. The Morgan fingerprint density at radius 3 is 1.62 bits per heavy atom. The molecule has 0 saturated carbocycles. The van der Waals surface area contributed by atoms with Crippen LogP contribution in [0.2, 0.25) is 0 Å². The molecule has 1 rings (SSSR count). The van der Waals surface area contributed by atoms with Gasteiger partial charge in [0.25, 0.3) is 5.97 Å². The average molecular weight is 442 g/mol. The van der Waals surface area contributed by atoms with Gasteiger partial charge in [0, 0.05) is 13.0 Å². The van der Waals surface area contributed by atoms with Gasteiger partial charge in [-0.2, -0.15) is 0 Å². The van der Waals surface area contributed by atoms with Crippen LogP contribution >= 0.6 is 0 Å². The van der Waals surface area contributed by atoms with Crippen LogP contribution in [0.1, 0.15) is 23.6 Å². The van der Waals surface area contributed by atoms with Crippen LogP contribution in [-0.2, 0) is 42.2 Å². The Morgan fingerprint density at radius 1 is 0.938 bits per heavy atom. The zero-order chi connectivity index (χ0) is 27.5. The number of hydrogen-bond acceptors (Lipinski definition) is 3. The second-order valence-electron chi connectivity index (χ2n) is 4.01. The van der Waals surface area contributed by atoms with Crippen molar-refractivity contribution >= 4 is 18.0 Å². The molecule has 0 heterocycles. The van der Waals surface area contributed by atoms with Gasteiger partial charge >= 0.3 is 73.8 Å². The number of rotatable bonds is 3. The summed E-state index contributed by atoms with van der Waals surface area (Å²) in [6.45, 7) is 32.2. The molecule has 0 radical (unpaired) electrons. The molecule has 32 heavy (non-hydrogen) atoms. The van der Waals surface area contributed by atoms with Gasteiger partial charge in [-0.05, 0) is 36.6 Å². The number of aliphatic carboxylic acids is 1. The summed E-state index contributed by atoms with van der Waals surface area (Å²) in [5.41, 5.74) is 3.40. The van der Waals surface area contributed by atoms with Crippen LogP contribution in [0.15, 0.2) is 24.3 Å².